The molecule has 2 heterocycles. The normalized spacial score (nSPS) is 17.2. The Balaban J connectivity index is 2.18. The van der Waals surface area contributed by atoms with Crippen LogP contribution in [0.2, 0.25) is 0 Å². The lowest BCUT2D eigenvalue weighted by molar-refractivity contribution is 0.567. The smallest absolute Gasteiger partial charge is 0.133 e. The molecule has 19 heavy (non-hydrogen) atoms. The minimum atomic E-state index is 0.356. The van der Waals surface area contributed by atoms with Crippen LogP contribution in [0.5, 0.6) is 0 Å². The van der Waals surface area contributed by atoms with Gasteiger partial charge in [-0.25, -0.2) is 4.98 Å². The maximum absolute atomic E-state index is 4.62. The van der Waals surface area contributed by atoms with Gasteiger partial charge >= 0.3 is 0 Å². The summed E-state index contributed by atoms with van der Waals surface area (Å²) < 4.78 is 0. The van der Waals surface area contributed by atoms with Gasteiger partial charge in [0.25, 0.3) is 0 Å². The van der Waals surface area contributed by atoms with Crippen LogP contribution in [0, 0.1) is 0 Å². The van der Waals surface area contributed by atoms with Crippen molar-refractivity contribution >= 4 is 5.82 Å². The maximum atomic E-state index is 4.62. The van der Waals surface area contributed by atoms with Crippen LogP contribution in [0.25, 0.3) is 0 Å². The lowest BCUT2D eigenvalue weighted by Crippen LogP contribution is -2.32. The second kappa shape index (κ2) is 6.71. The van der Waals surface area contributed by atoms with E-state index in [4.69, 9.17) is 0 Å². The van der Waals surface area contributed by atoms with Gasteiger partial charge < -0.3 is 10.2 Å². The van der Waals surface area contributed by atoms with E-state index in [2.05, 4.69) is 48.1 Å². The number of aromatic nitrogens is 1. The zero-order chi connectivity index (χ0) is 13.7. The predicted octanol–water partition coefficient (Wildman–Crippen LogP) is 3.30. The van der Waals surface area contributed by atoms with Crippen LogP contribution in [0.3, 0.4) is 0 Å². The van der Waals surface area contributed by atoms with Crippen LogP contribution in [0.15, 0.2) is 30.0 Å². The highest BCUT2D eigenvalue weighted by Crippen LogP contribution is 2.26. The van der Waals surface area contributed by atoms with E-state index in [9.17, 15) is 0 Å². The van der Waals surface area contributed by atoms with E-state index in [0.717, 1.165) is 38.3 Å². The van der Waals surface area contributed by atoms with Crippen molar-refractivity contribution in [3.05, 3.63) is 35.5 Å². The molecule has 2 rings (SSSR count). The number of nitrogens with one attached hydrogen (secondary N) is 1. The fraction of sp³-hybridized carbons (Fsp3) is 0.562. The van der Waals surface area contributed by atoms with E-state index in [1.54, 1.807) is 0 Å². The lowest BCUT2D eigenvalue weighted by Gasteiger charge is -2.30. The first kappa shape index (κ1) is 14.1. The Bertz CT molecular complexity index is 439. The Kier molecular flexibility index (Phi) is 4.97. The largest absolute Gasteiger partial charge is 0.352 e. The average Bonchev–Trinajstić information content (AvgIpc) is 2.45. The monoisotopic (exact) mass is 259 g/mol. The van der Waals surface area contributed by atoms with E-state index in [0.29, 0.717) is 6.04 Å². The van der Waals surface area contributed by atoms with E-state index < -0.39 is 0 Å². The highest BCUT2D eigenvalue weighted by atomic mass is 15.2. The molecule has 3 heteroatoms. The van der Waals surface area contributed by atoms with Crippen LogP contribution in [-0.4, -0.2) is 24.6 Å². The summed E-state index contributed by atoms with van der Waals surface area (Å²) in [6, 6.07) is 4.59. The van der Waals surface area contributed by atoms with Gasteiger partial charge in [-0.2, -0.15) is 0 Å². The molecule has 3 nitrogen and oxygen atoms in total. The van der Waals surface area contributed by atoms with Gasteiger partial charge in [-0.3, -0.25) is 0 Å². The third kappa shape index (κ3) is 3.57. The predicted molar refractivity (Wildman–Crippen MR) is 81.5 cm³/mol. The molecule has 0 amide bonds. The molecule has 0 aromatic carbocycles. The number of pyridine rings is 1. The average molecular weight is 259 g/mol. The molecule has 1 unspecified atom stereocenters. The molecule has 0 radical (unpaired) electrons. The van der Waals surface area contributed by atoms with Crippen LogP contribution in [0.1, 0.15) is 45.2 Å². The van der Waals surface area contributed by atoms with E-state index in [-0.39, 0.29) is 0 Å². The Morgan fingerprint density at radius 3 is 3.05 bits per heavy atom. The molecule has 1 aromatic rings. The minimum Gasteiger partial charge on any atom is -0.352 e. The second-order valence-electron chi connectivity index (χ2n) is 5.35. The van der Waals surface area contributed by atoms with E-state index in [1.165, 1.54) is 11.1 Å². The summed E-state index contributed by atoms with van der Waals surface area (Å²) >= 11 is 0. The van der Waals surface area contributed by atoms with Crippen molar-refractivity contribution in [2.75, 3.05) is 24.5 Å². The molecule has 0 fully saturated rings. The topological polar surface area (TPSA) is 28.2 Å². The summed E-state index contributed by atoms with van der Waals surface area (Å²) in [5.74, 6) is 1.14. The van der Waals surface area contributed by atoms with Crippen molar-refractivity contribution in [3.63, 3.8) is 0 Å². The Morgan fingerprint density at radius 1 is 1.47 bits per heavy atom. The molecule has 0 bridgehead atoms. The van der Waals surface area contributed by atoms with Crippen LogP contribution < -0.4 is 10.2 Å². The number of hydrogen-bond acceptors (Lipinski definition) is 3. The van der Waals surface area contributed by atoms with Gasteiger partial charge in [-0.15, -0.1) is 0 Å². The van der Waals surface area contributed by atoms with Crippen molar-refractivity contribution < 1.29 is 0 Å². The van der Waals surface area contributed by atoms with Crippen molar-refractivity contribution in [1.82, 2.24) is 10.3 Å². The van der Waals surface area contributed by atoms with Crippen molar-refractivity contribution in [2.45, 2.75) is 39.7 Å². The van der Waals surface area contributed by atoms with Crippen LogP contribution in [0.4, 0.5) is 5.82 Å². The first-order valence-electron chi connectivity index (χ1n) is 7.31. The Morgan fingerprint density at radius 2 is 2.32 bits per heavy atom. The molecule has 104 valence electrons. The third-order valence-electron chi connectivity index (χ3n) is 3.62. The van der Waals surface area contributed by atoms with E-state index in [1.807, 2.05) is 12.3 Å². The standard InChI is InChI=1S/C16H25N3/c1-4-9-17-14(3)15-8-5-10-18-16(15)19-11-6-7-13(2)12-19/h5,7-8,10,14,17H,4,6,9,11-12H2,1-3H3. The molecule has 1 aromatic heterocycles. The second-order valence-corrected chi connectivity index (χ2v) is 5.35. The summed E-state index contributed by atoms with van der Waals surface area (Å²) in [7, 11) is 0. The quantitative estimate of drug-likeness (QED) is 0.822. The molecule has 0 spiro atoms. The van der Waals surface area contributed by atoms with Gasteiger partial charge in [0.15, 0.2) is 0 Å². The maximum Gasteiger partial charge on any atom is 0.133 e. The highest BCUT2D eigenvalue weighted by Gasteiger charge is 2.18. The fourth-order valence-electron chi connectivity index (χ4n) is 2.57. The van der Waals surface area contributed by atoms with Gasteiger partial charge in [-0.05, 0) is 39.3 Å². The molecular formula is C16H25N3. The molecule has 1 aliphatic rings. The molecule has 0 aliphatic carbocycles. The summed E-state index contributed by atoms with van der Waals surface area (Å²) in [5, 5.41) is 3.56. The fourth-order valence-corrected chi connectivity index (χ4v) is 2.57. The summed E-state index contributed by atoms with van der Waals surface area (Å²) in [4.78, 5) is 7.02. The lowest BCUT2D eigenvalue weighted by atomic mass is 10.1. The number of anilines is 1. The number of nitrogens with zero attached hydrogens (tertiary/aromatic N) is 2. The number of hydrogen-bond donors (Lipinski definition) is 1. The number of rotatable bonds is 5. The van der Waals surface area contributed by atoms with Crippen LogP contribution in [-0.2, 0) is 0 Å². The SMILES string of the molecule is CCCNC(C)c1cccnc1N1CCC=C(C)C1. The molecule has 1 N–H and O–H groups in total. The van der Waals surface area contributed by atoms with Gasteiger partial charge in [0.2, 0.25) is 0 Å². The Labute approximate surface area is 116 Å². The summed E-state index contributed by atoms with van der Waals surface area (Å²) in [5.41, 5.74) is 2.75. The van der Waals surface area contributed by atoms with Gasteiger partial charge in [-0.1, -0.05) is 24.6 Å². The summed E-state index contributed by atoms with van der Waals surface area (Å²) in [6.45, 7) is 9.75. The van der Waals surface area contributed by atoms with Crippen molar-refractivity contribution in [2.24, 2.45) is 0 Å². The molecular weight excluding hydrogens is 234 g/mol. The molecule has 0 saturated heterocycles. The highest BCUT2D eigenvalue weighted by molar-refractivity contribution is 5.50. The molecule has 1 aliphatic heterocycles. The zero-order valence-electron chi connectivity index (χ0n) is 12.3. The van der Waals surface area contributed by atoms with Crippen LogP contribution >= 0.6 is 0 Å². The van der Waals surface area contributed by atoms with Gasteiger partial charge in [0, 0.05) is 30.9 Å². The molecule has 0 saturated carbocycles. The first-order chi connectivity index (χ1) is 9.22. The van der Waals surface area contributed by atoms with Crippen molar-refractivity contribution in [3.8, 4) is 0 Å². The zero-order valence-corrected chi connectivity index (χ0v) is 12.3. The van der Waals surface area contributed by atoms with Crippen molar-refractivity contribution in [1.29, 1.82) is 0 Å². The van der Waals surface area contributed by atoms with Gasteiger partial charge in [0.05, 0.1) is 0 Å². The van der Waals surface area contributed by atoms with E-state index >= 15 is 0 Å². The summed E-state index contributed by atoms with van der Waals surface area (Å²) in [6.07, 6.45) is 6.51. The molecule has 1 atom stereocenters. The third-order valence-corrected chi connectivity index (χ3v) is 3.62. The Hall–Kier alpha value is -1.35. The first-order valence-corrected chi connectivity index (χ1v) is 7.31. The minimum absolute atomic E-state index is 0.356. The van der Waals surface area contributed by atoms with Gasteiger partial charge in [0.1, 0.15) is 5.82 Å².